The molecule has 522 valence electrons. The lowest BCUT2D eigenvalue weighted by Gasteiger charge is -2.44. The molecule has 8 unspecified atom stereocenters. The van der Waals surface area contributed by atoms with E-state index in [4.69, 9.17) is 0 Å². The third-order valence-corrected chi connectivity index (χ3v) is 21.3. The van der Waals surface area contributed by atoms with E-state index < -0.39 is 18.3 Å². The van der Waals surface area contributed by atoms with Crippen LogP contribution in [0, 0.1) is 82.9 Å². The Kier molecular flexibility index (Phi) is 37.8. The maximum Gasteiger partial charge on any atom is 0.415 e. The largest absolute Gasteiger partial charge is 0.415 e. The molecule has 3 amide bonds. The van der Waals surface area contributed by atoms with E-state index in [9.17, 15) is 32.7 Å². The fourth-order valence-corrected chi connectivity index (χ4v) is 13.9. The Labute approximate surface area is 542 Å². The minimum absolute atomic E-state index is 0.0285. The summed E-state index contributed by atoms with van der Waals surface area (Å²) < 4.78 is 37.8. The molecule has 7 aliphatic heterocycles. The van der Waals surface area contributed by atoms with E-state index in [1.165, 1.54) is 58.5 Å². The molecule has 7 fully saturated rings. The summed E-state index contributed by atoms with van der Waals surface area (Å²) in [5, 5.41) is 9.44. The molecular weight excluding hydrogens is 1110 g/mol. The molecule has 0 aromatic carbocycles. The molecule has 0 radical (unpaired) electrons. The van der Waals surface area contributed by atoms with Gasteiger partial charge in [0.05, 0.1) is 0 Å². The molecule has 7 aliphatic rings. The number of carbonyl (C=O) groups excluding carboxylic acids is 3. The van der Waals surface area contributed by atoms with E-state index in [0.717, 1.165) is 92.4 Å². The number of hydrogen-bond donors (Lipinski definition) is 1. The number of nitrogens with zero attached hydrogens (tertiary/aromatic N) is 7. The minimum Gasteiger partial charge on any atom is -0.382 e. The third kappa shape index (κ3) is 27.1. The first-order valence-electron chi connectivity index (χ1n) is 36.2. The predicted octanol–water partition coefficient (Wildman–Crippen LogP) is 16.3. The second-order valence-corrected chi connectivity index (χ2v) is 32.3. The van der Waals surface area contributed by atoms with Gasteiger partial charge in [0.2, 0.25) is 17.7 Å². The van der Waals surface area contributed by atoms with Crippen molar-refractivity contribution in [3.8, 4) is 0 Å². The first kappa shape index (κ1) is 84.0. The highest BCUT2D eigenvalue weighted by molar-refractivity contribution is 5.82. The SMILES string of the molecule is CC(C)C1CC(=O)N(C(C)C)C1.CC(C)C1CC(C(O)C(F)(F)F)N(C(C)C)C1.CC(C)C1CCN(C(C)C)C1.CC(C)C1CCN(C(C)C)C1=O.CC(C)C1CCN(C(C)C)CC1.CC(C)C1CN(C(C)C)C1.CCC1CC(C(C)C)C(=O)N1C(C)C. The molecule has 0 aromatic rings. The normalized spacial score (nSPS) is 25.9. The van der Waals surface area contributed by atoms with Gasteiger partial charge in [-0.3, -0.25) is 19.3 Å². The van der Waals surface area contributed by atoms with Gasteiger partial charge in [-0.25, -0.2) is 0 Å². The van der Waals surface area contributed by atoms with Crippen LogP contribution in [0.3, 0.4) is 0 Å². The molecule has 14 heteroatoms. The Morgan fingerprint density at radius 1 is 0.409 bits per heavy atom. The lowest BCUT2D eigenvalue weighted by molar-refractivity contribution is -0.220. The summed E-state index contributed by atoms with van der Waals surface area (Å²) in [5.74, 6) is 9.98. The van der Waals surface area contributed by atoms with Crippen LogP contribution < -0.4 is 0 Å². The molecule has 1 N–H and O–H groups in total. The van der Waals surface area contributed by atoms with Gasteiger partial charge in [0, 0.05) is 112 Å². The number of amides is 3. The van der Waals surface area contributed by atoms with Gasteiger partial charge < -0.3 is 34.5 Å². The smallest absolute Gasteiger partial charge is 0.382 e. The number of aliphatic hydroxyl groups excluding tert-OH is 1. The number of hydrogen-bond acceptors (Lipinski definition) is 8. The Balaban J connectivity index is 0.000000516. The van der Waals surface area contributed by atoms with Crippen LogP contribution in [0.4, 0.5) is 13.2 Å². The van der Waals surface area contributed by atoms with E-state index in [2.05, 4.69) is 193 Å². The van der Waals surface area contributed by atoms with E-state index in [-0.39, 0.29) is 23.8 Å². The lowest BCUT2D eigenvalue weighted by Crippen LogP contribution is -2.51. The van der Waals surface area contributed by atoms with Crippen molar-refractivity contribution in [3.63, 3.8) is 0 Å². The van der Waals surface area contributed by atoms with Crippen LogP contribution in [-0.2, 0) is 14.4 Å². The third-order valence-electron chi connectivity index (χ3n) is 21.3. The van der Waals surface area contributed by atoms with Crippen molar-refractivity contribution in [2.45, 2.75) is 319 Å². The van der Waals surface area contributed by atoms with E-state index >= 15 is 0 Å². The van der Waals surface area contributed by atoms with Crippen molar-refractivity contribution < 1.29 is 32.7 Å². The maximum atomic E-state index is 12.6. The summed E-state index contributed by atoms with van der Waals surface area (Å²) in [7, 11) is 0. The van der Waals surface area contributed by atoms with Gasteiger partial charge >= 0.3 is 6.18 Å². The zero-order valence-corrected chi connectivity index (χ0v) is 62.8. The summed E-state index contributed by atoms with van der Waals surface area (Å²) in [6.45, 7) is 73.8. The maximum absolute atomic E-state index is 12.6. The number of carbonyl (C=O) groups is 3. The first-order chi connectivity index (χ1) is 40.5. The van der Waals surface area contributed by atoms with E-state index in [0.29, 0.717) is 84.4 Å². The van der Waals surface area contributed by atoms with Crippen molar-refractivity contribution in [3.05, 3.63) is 0 Å². The van der Waals surface area contributed by atoms with Gasteiger partial charge in [-0.1, -0.05) is 104 Å². The second kappa shape index (κ2) is 39.6. The Bertz CT molecular complexity index is 1840. The van der Waals surface area contributed by atoms with Crippen LogP contribution in [0.15, 0.2) is 0 Å². The fourth-order valence-electron chi connectivity index (χ4n) is 13.9. The summed E-state index contributed by atoms with van der Waals surface area (Å²) in [6.07, 6.45) is 1.87. The van der Waals surface area contributed by atoms with E-state index in [1.54, 1.807) is 4.90 Å². The van der Waals surface area contributed by atoms with Crippen LogP contribution >= 0.6 is 0 Å². The number of likely N-dealkylation sites (tertiary alicyclic amines) is 7. The van der Waals surface area contributed by atoms with Gasteiger partial charge in [0.25, 0.3) is 0 Å². The van der Waals surface area contributed by atoms with Gasteiger partial charge in [0.15, 0.2) is 6.10 Å². The minimum atomic E-state index is -4.52. The summed E-state index contributed by atoms with van der Waals surface area (Å²) >= 11 is 0. The van der Waals surface area contributed by atoms with Crippen molar-refractivity contribution in [2.24, 2.45) is 82.9 Å². The van der Waals surface area contributed by atoms with Crippen molar-refractivity contribution in [1.82, 2.24) is 34.3 Å². The molecule has 7 saturated heterocycles. The first-order valence-corrected chi connectivity index (χ1v) is 36.2. The molecule has 7 rings (SSSR count). The number of alkyl halides is 3. The average Bonchev–Trinajstić information content (AvgIpc) is 2.66. The highest BCUT2D eigenvalue weighted by Gasteiger charge is 2.50. The monoisotopic (exact) mass is 1250 g/mol. The summed E-state index contributed by atoms with van der Waals surface area (Å²) in [5.41, 5.74) is 0. The molecule has 0 aliphatic carbocycles. The molecule has 0 aromatic heterocycles. The molecule has 88 heavy (non-hydrogen) atoms. The van der Waals surface area contributed by atoms with Crippen LogP contribution in [-0.4, -0.2) is 183 Å². The highest BCUT2D eigenvalue weighted by atomic mass is 19.4. The zero-order valence-electron chi connectivity index (χ0n) is 62.8. The Hall–Kier alpha value is -2.00. The molecule has 0 saturated carbocycles. The van der Waals surface area contributed by atoms with Gasteiger partial charge in [-0.2, -0.15) is 13.2 Å². The number of rotatable bonds is 16. The molecule has 0 spiro atoms. The van der Waals surface area contributed by atoms with Gasteiger partial charge in [-0.15, -0.1) is 0 Å². The highest BCUT2D eigenvalue weighted by Crippen LogP contribution is 2.38. The van der Waals surface area contributed by atoms with Gasteiger partial charge in [-0.05, 0) is 233 Å². The average molecular weight is 1260 g/mol. The molecule has 7 heterocycles. The molecule has 0 bridgehead atoms. The Morgan fingerprint density at radius 2 is 0.841 bits per heavy atom. The van der Waals surface area contributed by atoms with Crippen LogP contribution in [0.5, 0.6) is 0 Å². The summed E-state index contributed by atoms with van der Waals surface area (Å²) in [4.78, 5) is 50.8. The molecular formula is C74H146F3N7O4. The van der Waals surface area contributed by atoms with Crippen molar-refractivity contribution >= 4 is 17.7 Å². The number of aliphatic hydroxyl groups is 1. The van der Waals surface area contributed by atoms with Crippen LogP contribution in [0.1, 0.15) is 252 Å². The summed E-state index contributed by atoms with van der Waals surface area (Å²) in [6, 6.07) is 3.09. The number of piperidine rings is 1. The quantitative estimate of drug-likeness (QED) is 0.163. The van der Waals surface area contributed by atoms with Crippen LogP contribution in [0.25, 0.3) is 0 Å². The fraction of sp³-hybridized carbons (Fsp3) is 0.959. The number of halogens is 3. The van der Waals surface area contributed by atoms with Crippen molar-refractivity contribution in [2.75, 3.05) is 58.9 Å². The van der Waals surface area contributed by atoms with E-state index in [1.807, 2.05) is 37.5 Å². The standard InChI is InChI=1S/C12H22F3NO.C12H23NO.C11H23N.2C10H19NO.C10H21N.C9H19N/c1-7(2)9-5-10(11(17)12(13,14)15)16(6-9)8(3)4;1-6-10-7-11(8(2)3)12(14)13(10)9(4)5;1-9(2)11-5-7-12(8-6-11)10(3)4;1-7(2)9-5-10(12)11(6-9)8(3)4;1-7(2)9-5-6-11(8(3)4)10(9)12;1-8(2)10-5-6-11(7-10)9(3)4;1-7(2)9-5-10(6-9)8(3)4/h7-11,17H,5-6H2,1-4H3;8-11H,6-7H2,1-5H3;9-11H,5-8H2,1-4H3;2*7-9H,5-6H2,1-4H3;8-10H,5-7H2,1-4H3;7-9H,5-6H2,1-4H3. The molecule has 8 atom stereocenters. The second-order valence-electron chi connectivity index (χ2n) is 32.3. The predicted molar refractivity (Wildman–Crippen MR) is 368 cm³/mol. The molecule has 11 nitrogen and oxygen atoms in total. The zero-order chi connectivity index (χ0) is 68.2. The van der Waals surface area contributed by atoms with Crippen LogP contribution in [0.2, 0.25) is 0 Å². The Morgan fingerprint density at radius 3 is 1.14 bits per heavy atom. The topological polar surface area (TPSA) is 94.1 Å². The van der Waals surface area contributed by atoms with Gasteiger partial charge in [0.1, 0.15) is 0 Å². The van der Waals surface area contributed by atoms with Crippen molar-refractivity contribution in [1.29, 1.82) is 0 Å². The lowest BCUT2D eigenvalue weighted by atomic mass is 9.86.